The number of ether oxygens (including phenoxy) is 2. The highest BCUT2D eigenvalue weighted by Crippen LogP contribution is 2.57. The summed E-state index contributed by atoms with van der Waals surface area (Å²) in [5.41, 5.74) is 1.76. The van der Waals surface area contributed by atoms with E-state index in [4.69, 9.17) is 21.1 Å². The molecule has 1 aromatic heterocycles. The van der Waals surface area contributed by atoms with E-state index in [2.05, 4.69) is 20.6 Å². The Labute approximate surface area is 213 Å². The number of nitrogens with zero attached hydrogens (tertiary/aromatic N) is 3. The van der Waals surface area contributed by atoms with Crippen LogP contribution < -0.4 is 15.4 Å². The molecule has 0 radical (unpaired) electrons. The van der Waals surface area contributed by atoms with Gasteiger partial charge in [-0.3, -0.25) is 4.79 Å². The lowest BCUT2D eigenvalue weighted by molar-refractivity contribution is -0.111. The number of carbonyl (C=O) groups is 1. The number of aromatic nitrogens is 2. The number of fused-ring (bicyclic) bond motifs is 2. The van der Waals surface area contributed by atoms with E-state index in [1.54, 1.807) is 24.3 Å². The second-order valence-corrected chi connectivity index (χ2v) is 9.97. The van der Waals surface area contributed by atoms with Gasteiger partial charge in [-0.05, 0) is 50.7 Å². The summed E-state index contributed by atoms with van der Waals surface area (Å²) in [4.78, 5) is 23.4. The normalized spacial score (nSPS) is 20.6. The Bertz CT molecular complexity index is 1330. The quantitative estimate of drug-likeness (QED) is 0.405. The number of rotatable bonds is 9. The molecule has 3 aromatic rings. The summed E-state index contributed by atoms with van der Waals surface area (Å²) < 4.78 is 25.4. The molecule has 5 rings (SSSR count). The van der Waals surface area contributed by atoms with Gasteiger partial charge in [0.25, 0.3) is 0 Å². The molecule has 2 unspecified atom stereocenters. The number of carbonyl (C=O) groups excluding carboxylic acids is 1. The molecule has 8 nitrogen and oxygen atoms in total. The summed E-state index contributed by atoms with van der Waals surface area (Å²) in [5.74, 6) is 0.764. The molecule has 2 aliphatic rings. The third-order valence-electron chi connectivity index (χ3n) is 6.50. The average molecular weight is 512 g/mol. The molecule has 36 heavy (non-hydrogen) atoms. The Morgan fingerprint density at radius 3 is 2.92 bits per heavy atom. The van der Waals surface area contributed by atoms with Gasteiger partial charge in [-0.1, -0.05) is 17.7 Å². The predicted molar refractivity (Wildman–Crippen MR) is 137 cm³/mol. The molecule has 1 aliphatic heterocycles. The van der Waals surface area contributed by atoms with Gasteiger partial charge in [-0.15, -0.1) is 0 Å². The van der Waals surface area contributed by atoms with Crippen LogP contribution in [0.25, 0.3) is 10.9 Å². The van der Waals surface area contributed by atoms with Crippen LogP contribution >= 0.6 is 11.6 Å². The Kier molecular flexibility index (Phi) is 6.79. The van der Waals surface area contributed by atoms with Gasteiger partial charge in [0.1, 0.15) is 23.7 Å². The van der Waals surface area contributed by atoms with Crippen molar-refractivity contribution in [1.82, 2.24) is 14.9 Å². The molecule has 0 bridgehead atoms. The Morgan fingerprint density at radius 2 is 2.19 bits per heavy atom. The van der Waals surface area contributed by atoms with Crippen molar-refractivity contribution in [3.8, 4) is 5.75 Å². The highest BCUT2D eigenvalue weighted by atomic mass is 35.5. The van der Waals surface area contributed by atoms with Crippen molar-refractivity contribution in [2.75, 3.05) is 51.1 Å². The van der Waals surface area contributed by atoms with Crippen LogP contribution in [-0.4, -0.2) is 61.2 Å². The fraction of sp³-hybridized carbons (Fsp3) is 0.346. The van der Waals surface area contributed by atoms with Gasteiger partial charge in [0.05, 0.1) is 36.0 Å². The van der Waals surface area contributed by atoms with E-state index < -0.39 is 5.82 Å². The van der Waals surface area contributed by atoms with Crippen molar-refractivity contribution in [2.24, 2.45) is 11.3 Å². The number of halogens is 2. The minimum Gasteiger partial charge on any atom is -0.491 e. The van der Waals surface area contributed by atoms with Crippen LogP contribution in [0.5, 0.6) is 5.75 Å². The highest BCUT2D eigenvalue weighted by molar-refractivity contribution is 6.31. The maximum Gasteiger partial charge on any atom is 0.248 e. The van der Waals surface area contributed by atoms with Crippen molar-refractivity contribution in [2.45, 2.75) is 6.42 Å². The Morgan fingerprint density at radius 1 is 1.33 bits per heavy atom. The molecule has 2 atom stereocenters. The Balaban J connectivity index is 1.45. The first-order valence-corrected chi connectivity index (χ1v) is 12.0. The first-order valence-electron chi connectivity index (χ1n) is 11.7. The molecule has 1 amide bonds. The molecule has 188 valence electrons. The third kappa shape index (κ3) is 5.28. The number of amides is 1. The van der Waals surface area contributed by atoms with Crippen molar-refractivity contribution < 1.29 is 18.7 Å². The molecule has 2 fully saturated rings. The van der Waals surface area contributed by atoms with Crippen molar-refractivity contribution in [3.63, 3.8) is 0 Å². The molecule has 1 saturated heterocycles. The lowest BCUT2D eigenvalue weighted by atomic mass is 10.1. The summed E-state index contributed by atoms with van der Waals surface area (Å²) in [6, 6.07) is 7.91. The van der Waals surface area contributed by atoms with Crippen LogP contribution in [0.3, 0.4) is 0 Å². The van der Waals surface area contributed by atoms with E-state index in [-0.39, 0.29) is 16.3 Å². The van der Waals surface area contributed by atoms with Crippen molar-refractivity contribution >= 4 is 45.6 Å². The second-order valence-electron chi connectivity index (χ2n) is 9.56. The topological polar surface area (TPSA) is 88.6 Å². The largest absolute Gasteiger partial charge is 0.491 e. The summed E-state index contributed by atoms with van der Waals surface area (Å²) in [6.07, 6.45) is 5.80. The molecule has 2 N–H and O–H groups in total. The molecule has 2 aromatic carbocycles. The fourth-order valence-electron chi connectivity index (χ4n) is 4.34. The maximum absolute atomic E-state index is 13.6. The van der Waals surface area contributed by atoms with Crippen LogP contribution in [0.4, 0.5) is 21.6 Å². The first-order chi connectivity index (χ1) is 17.3. The molecule has 2 heterocycles. The highest BCUT2D eigenvalue weighted by Gasteiger charge is 2.59. The molecule has 0 spiro atoms. The second kappa shape index (κ2) is 10.0. The van der Waals surface area contributed by atoms with Crippen molar-refractivity contribution in [3.05, 3.63) is 59.7 Å². The smallest absolute Gasteiger partial charge is 0.248 e. The van der Waals surface area contributed by atoms with Crippen LogP contribution in [0, 0.1) is 17.2 Å². The molecular formula is C26H27ClFN5O3. The van der Waals surface area contributed by atoms with Crippen LogP contribution in [0.15, 0.2) is 48.8 Å². The van der Waals surface area contributed by atoms with Gasteiger partial charge >= 0.3 is 0 Å². The monoisotopic (exact) mass is 511 g/mol. The summed E-state index contributed by atoms with van der Waals surface area (Å²) in [6.45, 7) is 2.61. The third-order valence-corrected chi connectivity index (χ3v) is 6.79. The zero-order chi connectivity index (χ0) is 25.3. The molecule has 1 saturated carbocycles. The van der Waals surface area contributed by atoms with Gasteiger partial charge in [-0.25, -0.2) is 14.4 Å². The SMILES string of the molecule is CN(C)CC=CC(=O)Nc1cc2c(Nc3ccc(F)c(Cl)c3)ncnc2cc1OCC12COCC1C2. The number of nitrogens with one attached hydrogen (secondary N) is 2. The van der Waals surface area contributed by atoms with E-state index in [1.165, 1.54) is 24.5 Å². The van der Waals surface area contributed by atoms with Gasteiger partial charge in [-0.2, -0.15) is 0 Å². The summed E-state index contributed by atoms with van der Waals surface area (Å²) in [5, 5.41) is 6.75. The van der Waals surface area contributed by atoms with Crippen LogP contribution in [0.2, 0.25) is 5.02 Å². The lowest BCUT2D eigenvalue weighted by Gasteiger charge is -2.17. The van der Waals surface area contributed by atoms with E-state index in [0.717, 1.165) is 13.0 Å². The lowest BCUT2D eigenvalue weighted by Crippen LogP contribution is -2.18. The zero-order valence-electron chi connectivity index (χ0n) is 20.1. The minimum atomic E-state index is -0.506. The average Bonchev–Trinajstić information content (AvgIpc) is 3.38. The number of hydrogen-bond donors (Lipinski definition) is 2. The van der Waals surface area contributed by atoms with Crippen LogP contribution in [-0.2, 0) is 9.53 Å². The number of likely N-dealkylation sites (N-methyl/N-ethyl adjacent to an activating group) is 1. The van der Waals surface area contributed by atoms with E-state index >= 15 is 0 Å². The van der Waals surface area contributed by atoms with Gasteiger partial charge < -0.3 is 25.0 Å². The van der Waals surface area contributed by atoms with Gasteiger partial charge in [0.15, 0.2) is 0 Å². The predicted octanol–water partition coefficient (Wildman–Crippen LogP) is 4.64. The van der Waals surface area contributed by atoms with E-state index in [9.17, 15) is 9.18 Å². The first kappa shape index (κ1) is 24.4. The molecule has 1 aliphatic carbocycles. The van der Waals surface area contributed by atoms with Crippen LogP contribution in [0.1, 0.15) is 6.42 Å². The number of benzene rings is 2. The molecule has 10 heteroatoms. The summed E-state index contributed by atoms with van der Waals surface area (Å²) >= 11 is 5.94. The molecular weight excluding hydrogens is 485 g/mol. The number of anilines is 3. The van der Waals surface area contributed by atoms with Crippen molar-refractivity contribution in [1.29, 1.82) is 0 Å². The van der Waals surface area contributed by atoms with Gasteiger partial charge in [0.2, 0.25) is 5.91 Å². The maximum atomic E-state index is 13.6. The number of hydrogen-bond acceptors (Lipinski definition) is 7. The fourth-order valence-corrected chi connectivity index (χ4v) is 4.53. The van der Waals surface area contributed by atoms with E-state index in [1.807, 2.05) is 19.0 Å². The Hall–Kier alpha value is -3.27. The van der Waals surface area contributed by atoms with Gasteiger partial charge in [0, 0.05) is 35.2 Å². The minimum absolute atomic E-state index is 0.000147. The van der Waals surface area contributed by atoms with E-state index in [0.29, 0.717) is 59.5 Å². The standard InChI is InChI=1S/C26H27ClFN5O3/c1-33(2)7-3-4-24(34)32-22-9-18-21(10-23(22)36-14-26-11-16(26)12-35-13-26)29-15-30-25(18)31-17-5-6-20(28)19(27)8-17/h3-6,8-10,15-16H,7,11-14H2,1-2H3,(H,32,34)(H,29,30,31). The summed E-state index contributed by atoms with van der Waals surface area (Å²) in [7, 11) is 3.86. The zero-order valence-corrected chi connectivity index (χ0v) is 20.8.